The molecular weight excluding hydrogens is 468 g/mol. The standard InChI is InChI=1S/C20H24N6O3S3/c27-19(15-31-20-22-23-24-26(20)14-17-6-5-13-30-17)21-16-7-9-18(10-8-16)32(28,29)25-11-3-1-2-4-12-25/h5-10,13H,1-4,11-12,14-15H2,(H,21,27). The highest BCUT2D eigenvalue weighted by Crippen LogP contribution is 2.22. The summed E-state index contributed by atoms with van der Waals surface area (Å²) in [4.78, 5) is 13.7. The Morgan fingerprint density at radius 1 is 1.09 bits per heavy atom. The topological polar surface area (TPSA) is 110 Å². The normalized spacial score (nSPS) is 15.4. The Balaban J connectivity index is 1.32. The Morgan fingerprint density at radius 2 is 1.84 bits per heavy atom. The summed E-state index contributed by atoms with van der Waals surface area (Å²) in [6, 6.07) is 10.3. The second kappa shape index (κ2) is 10.6. The van der Waals surface area contributed by atoms with E-state index in [2.05, 4.69) is 20.8 Å². The molecule has 0 atom stereocenters. The molecule has 0 bridgehead atoms. The number of anilines is 1. The number of tetrazole rings is 1. The van der Waals surface area contributed by atoms with Crippen LogP contribution in [0.3, 0.4) is 0 Å². The molecule has 1 aromatic carbocycles. The molecule has 1 N–H and O–H groups in total. The minimum atomic E-state index is -3.50. The van der Waals surface area contributed by atoms with Crippen molar-refractivity contribution >= 4 is 44.7 Å². The zero-order valence-electron chi connectivity index (χ0n) is 17.4. The number of rotatable bonds is 8. The van der Waals surface area contributed by atoms with Crippen molar-refractivity contribution in [3.63, 3.8) is 0 Å². The lowest BCUT2D eigenvalue weighted by Gasteiger charge is -2.20. The summed E-state index contributed by atoms with van der Waals surface area (Å²) in [6.45, 7) is 1.68. The molecule has 1 saturated heterocycles. The summed E-state index contributed by atoms with van der Waals surface area (Å²) in [6.07, 6.45) is 3.91. The van der Waals surface area contributed by atoms with Gasteiger partial charge in [-0.25, -0.2) is 13.1 Å². The van der Waals surface area contributed by atoms with Gasteiger partial charge in [-0.3, -0.25) is 4.79 Å². The number of thioether (sulfide) groups is 1. The Labute approximate surface area is 195 Å². The van der Waals surface area contributed by atoms with Gasteiger partial charge in [0.1, 0.15) is 0 Å². The lowest BCUT2D eigenvalue weighted by molar-refractivity contribution is -0.113. The summed E-state index contributed by atoms with van der Waals surface area (Å²) in [7, 11) is -3.50. The van der Waals surface area contributed by atoms with Crippen molar-refractivity contribution in [2.24, 2.45) is 0 Å². The molecule has 170 valence electrons. The van der Waals surface area contributed by atoms with Crippen molar-refractivity contribution in [1.29, 1.82) is 0 Å². The van der Waals surface area contributed by atoms with Crippen molar-refractivity contribution in [2.75, 3.05) is 24.2 Å². The fourth-order valence-corrected chi connectivity index (χ4v) is 6.30. The molecule has 0 radical (unpaired) electrons. The molecule has 0 saturated carbocycles. The largest absolute Gasteiger partial charge is 0.325 e. The third kappa shape index (κ3) is 5.74. The number of hydrogen-bond acceptors (Lipinski definition) is 8. The van der Waals surface area contributed by atoms with E-state index in [1.165, 1.54) is 11.8 Å². The average molecular weight is 493 g/mol. The Kier molecular flexibility index (Phi) is 7.55. The molecule has 0 unspecified atom stereocenters. The molecule has 1 fully saturated rings. The first-order valence-electron chi connectivity index (χ1n) is 10.3. The number of nitrogens with zero attached hydrogens (tertiary/aromatic N) is 5. The van der Waals surface area contributed by atoms with Crippen LogP contribution in [0.25, 0.3) is 0 Å². The van der Waals surface area contributed by atoms with Gasteiger partial charge in [0.2, 0.25) is 21.1 Å². The van der Waals surface area contributed by atoms with Gasteiger partial charge in [0.25, 0.3) is 0 Å². The Morgan fingerprint density at radius 3 is 2.53 bits per heavy atom. The van der Waals surface area contributed by atoms with Gasteiger partial charge in [0.15, 0.2) is 0 Å². The van der Waals surface area contributed by atoms with Gasteiger partial charge in [-0.15, -0.1) is 16.4 Å². The van der Waals surface area contributed by atoms with Crippen molar-refractivity contribution in [3.05, 3.63) is 46.7 Å². The lowest BCUT2D eigenvalue weighted by Crippen LogP contribution is -2.31. The smallest absolute Gasteiger partial charge is 0.243 e. The number of sulfonamides is 1. The maximum atomic E-state index is 12.9. The molecule has 3 aromatic rings. The summed E-state index contributed by atoms with van der Waals surface area (Å²) in [5, 5.41) is 17.0. The van der Waals surface area contributed by atoms with Crippen molar-refractivity contribution in [2.45, 2.75) is 42.3 Å². The van der Waals surface area contributed by atoms with Gasteiger partial charge in [-0.2, -0.15) is 4.31 Å². The predicted octanol–water partition coefficient (Wildman–Crippen LogP) is 3.08. The SMILES string of the molecule is O=C(CSc1nnnn1Cc1cccs1)Nc1ccc(S(=O)(=O)N2CCCCCC2)cc1. The molecule has 4 rings (SSSR count). The fraction of sp³-hybridized carbons (Fsp3) is 0.400. The van der Waals surface area contributed by atoms with E-state index < -0.39 is 10.0 Å². The van der Waals surface area contributed by atoms with E-state index in [9.17, 15) is 13.2 Å². The van der Waals surface area contributed by atoms with Gasteiger partial charge >= 0.3 is 0 Å². The van der Waals surface area contributed by atoms with E-state index >= 15 is 0 Å². The van der Waals surface area contributed by atoms with Crippen LogP contribution in [0.2, 0.25) is 0 Å². The summed E-state index contributed by atoms with van der Waals surface area (Å²) < 4.78 is 29.0. The van der Waals surface area contributed by atoms with E-state index in [0.717, 1.165) is 30.6 Å². The van der Waals surface area contributed by atoms with Gasteiger partial charge in [0, 0.05) is 23.7 Å². The third-order valence-corrected chi connectivity index (χ3v) is 8.79. The fourth-order valence-electron chi connectivity index (χ4n) is 3.42. The van der Waals surface area contributed by atoms with Crippen LogP contribution in [0.1, 0.15) is 30.6 Å². The maximum absolute atomic E-state index is 12.9. The van der Waals surface area contributed by atoms with Crippen LogP contribution in [-0.2, 0) is 21.4 Å². The number of hydrogen-bond donors (Lipinski definition) is 1. The van der Waals surface area contributed by atoms with Gasteiger partial charge < -0.3 is 5.32 Å². The summed E-state index contributed by atoms with van der Waals surface area (Å²) in [5.41, 5.74) is 0.545. The highest BCUT2D eigenvalue weighted by molar-refractivity contribution is 7.99. The van der Waals surface area contributed by atoms with Crippen molar-refractivity contribution in [3.8, 4) is 0 Å². The molecule has 32 heavy (non-hydrogen) atoms. The highest BCUT2D eigenvalue weighted by atomic mass is 32.2. The van der Waals surface area contributed by atoms with E-state index in [1.54, 1.807) is 44.6 Å². The van der Waals surface area contributed by atoms with Crippen LogP contribution < -0.4 is 5.32 Å². The van der Waals surface area contributed by atoms with Crippen LogP contribution >= 0.6 is 23.1 Å². The lowest BCUT2D eigenvalue weighted by atomic mass is 10.2. The number of carbonyl (C=O) groups is 1. The van der Waals surface area contributed by atoms with E-state index in [-0.39, 0.29) is 16.6 Å². The minimum absolute atomic E-state index is 0.138. The molecule has 3 heterocycles. The molecule has 0 spiro atoms. The monoisotopic (exact) mass is 492 g/mol. The number of thiophene rings is 1. The molecular formula is C20H24N6O3S3. The van der Waals surface area contributed by atoms with Gasteiger partial charge in [-0.05, 0) is 59.0 Å². The first-order chi connectivity index (χ1) is 15.5. The summed E-state index contributed by atoms with van der Waals surface area (Å²) >= 11 is 2.87. The second-order valence-corrected chi connectivity index (χ2v) is 11.3. The number of benzene rings is 1. The molecule has 1 amide bonds. The predicted molar refractivity (Wildman–Crippen MR) is 124 cm³/mol. The van der Waals surface area contributed by atoms with Crippen LogP contribution in [0.5, 0.6) is 0 Å². The van der Waals surface area contributed by atoms with E-state index in [0.29, 0.717) is 30.5 Å². The van der Waals surface area contributed by atoms with E-state index in [1.807, 2.05) is 17.5 Å². The molecule has 2 aromatic heterocycles. The first-order valence-corrected chi connectivity index (χ1v) is 13.6. The van der Waals surface area contributed by atoms with Crippen molar-refractivity contribution < 1.29 is 13.2 Å². The minimum Gasteiger partial charge on any atom is -0.325 e. The first kappa shape index (κ1) is 22.9. The van der Waals surface area contributed by atoms with Gasteiger partial charge in [-0.1, -0.05) is 30.7 Å². The summed E-state index contributed by atoms with van der Waals surface area (Å²) in [5.74, 6) is -0.0812. The Bertz CT molecular complexity index is 1120. The van der Waals surface area contributed by atoms with Crippen LogP contribution in [0, 0.1) is 0 Å². The number of amides is 1. The molecule has 12 heteroatoms. The maximum Gasteiger partial charge on any atom is 0.243 e. The number of aromatic nitrogens is 4. The molecule has 1 aliphatic rings. The molecule has 0 aliphatic carbocycles. The third-order valence-electron chi connectivity index (χ3n) is 5.06. The molecule has 1 aliphatic heterocycles. The van der Waals surface area contributed by atoms with Crippen LogP contribution in [-0.4, -0.2) is 57.7 Å². The number of carbonyl (C=O) groups excluding carboxylic acids is 1. The van der Waals surface area contributed by atoms with Crippen LogP contribution in [0.4, 0.5) is 5.69 Å². The quantitative estimate of drug-likeness (QED) is 0.481. The van der Waals surface area contributed by atoms with E-state index in [4.69, 9.17) is 0 Å². The molecule has 9 nitrogen and oxygen atoms in total. The highest BCUT2D eigenvalue weighted by Gasteiger charge is 2.25. The van der Waals surface area contributed by atoms with Gasteiger partial charge in [0.05, 0.1) is 17.2 Å². The zero-order chi connectivity index (χ0) is 22.4. The van der Waals surface area contributed by atoms with Crippen LogP contribution in [0.15, 0.2) is 51.8 Å². The Hall–Kier alpha value is -2.28. The number of nitrogens with one attached hydrogen (secondary N) is 1. The van der Waals surface area contributed by atoms with Crippen molar-refractivity contribution in [1.82, 2.24) is 24.5 Å². The second-order valence-electron chi connectivity index (χ2n) is 7.38. The average Bonchev–Trinajstić information content (AvgIpc) is 3.38. The zero-order valence-corrected chi connectivity index (χ0v) is 19.8.